The molecule has 0 fully saturated rings. The number of aryl methyl sites for hydroxylation is 2. The van der Waals surface area contributed by atoms with Crippen molar-refractivity contribution in [3.63, 3.8) is 0 Å². The molecule has 0 saturated heterocycles. The molecule has 0 spiro atoms. The van der Waals surface area contributed by atoms with E-state index >= 15 is 0 Å². The fourth-order valence-electron chi connectivity index (χ4n) is 2.52. The number of quaternary nitrogens is 1. The lowest BCUT2D eigenvalue weighted by atomic mass is 9.83. The lowest BCUT2D eigenvalue weighted by Crippen LogP contribution is -2.86. The van der Waals surface area contributed by atoms with Gasteiger partial charge in [0.25, 0.3) is 0 Å². The third kappa shape index (κ3) is 3.66. The maximum Gasteiger partial charge on any atom is 0.199 e. The van der Waals surface area contributed by atoms with Gasteiger partial charge in [0, 0.05) is 0 Å². The summed E-state index contributed by atoms with van der Waals surface area (Å²) in [6.45, 7) is 13.4. The van der Waals surface area contributed by atoms with Gasteiger partial charge in [-0.25, -0.2) is 4.99 Å². The predicted octanol–water partition coefficient (Wildman–Crippen LogP) is 2.76. The molecule has 0 amide bonds. The first-order chi connectivity index (χ1) is 8.38. The molecule has 2 nitrogen and oxygen atoms in total. The minimum Gasteiger partial charge on any atom is -0.300 e. The summed E-state index contributed by atoms with van der Waals surface area (Å²) in [6, 6.07) is 4.69. The lowest BCUT2D eigenvalue weighted by molar-refractivity contribution is -0.529. The first kappa shape index (κ1) is 15.9. The van der Waals surface area contributed by atoms with Gasteiger partial charge < -0.3 is 0 Å². The van der Waals surface area contributed by atoms with Gasteiger partial charge in [0.1, 0.15) is 6.54 Å². The molecular weight excluding hydrogens is 232 g/mol. The summed E-state index contributed by atoms with van der Waals surface area (Å²) in [5.41, 5.74) is 5.93. The van der Waals surface area contributed by atoms with Gasteiger partial charge in [0.15, 0.2) is 5.84 Å². The highest BCUT2D eigenvalue weighted by molar-refractivity contribution is 5.77. The van der Waals surface area contributed by atoms with Gasteiger partial charge in [-0.15, -0.1) is 0 Å². The number of benzene rings is 1. The average molecular weight is 261 g/mol. The molecule has 1 aromatic carbocycles. The number of amidine groups is 1. The van der Waals surface area contributed by atoms with Crippen LogP contribution in [0, 0.1) is 13.8 Å². The number of nitrogens with zero attached hydrogens (tertiary/aromatic N) is 1. The van der Waals surface area contributed by atoms with Gasteiger partial charge in [0.05, 0.1) is 13.0 Å². The molecule has 1 aliphatic heterocycles. The van der Waals surface area contributed by atoms with E-state index in [2.05, 4.69) is 57.1 Å². The Morgan fingerprint density at radius 3 is 2.16 bits per heavy atom. The number of nitrogens with two attached hydrogens (primary N) is 1. The summed E-state index contributed by atoms with van der Waals surface area (Å²) in [5.74, 6) is 1.27. The largest absolute Gasteiger partial charge is 0.300 e. The van der Waals surface area contributed by atoms with E-state index < -0.39 is 0 Å². The van der Waals surface area contributed by atoms with Crippen LogP contribution in [-0.4, -0.2) is 18.9 Å². The summed E-state index contributed by atoms with van der Waals surface area (Å²) in [4.78, 5) is 4.55. The van der Waals surface area contributed by atoms with Crippen molar-refractivity contribution in [2.24, 2.45) is 4.99 Å². The van der Waals surface area contributed by atoms with E-state index in [0.717, 1.165) is 19.5 Å². The quantitative estimate of drug-likeness (QED) is 0.848. The van der Waals surface area contributed by atoms with Gasteiger partial charge in [0.2, 0.25) is 0 Å². The zero-order valence-electron chi connectivity index (χ0n) is 12.3. The highest BCUT2D eigenvalue weighted by atomic mass is 15.1. The molecule has 1 aromatic rings. The highest BCUT2D eigenvalue weighted by Crippen LogP contribution is 2.27. The highest BCUT2D eigenvalue weighted by Gasteiger charge is 2.18. The Morgan fingerprint density at radius 1 is 1.16 bits per heavy atom. The zero-order chi connectivity index (χ0) is 13.3. The van der Waals surface area contributed by atoms with Crippen molar-refractivity contribution in [1.29, 1.82) is 0 Å². The maximum absolute atomic E-state index is 4.55. The number of hydrogen-bond acceptors (Lipinski definition) is 1. The summed E-state index contributed by atoms with van der Waals surface area (Å²) in [7, 11) is 0. The predicted molar refractivity (Wildman–Crippen MR) is 84.1 cm³/mol. The molecular formula is C17H29N2+. The fourth-order valence-corrected chi connectivity index (χ4v) is 2.52. The fraction of sp³-hybridized carbons (Fsp3) is 0.588. The number of hydrogen-bond donors (Lipinski definition) is 1. The van der Waals surface area contributed by atoms with E-state index in [4.69, 9.17) is 0 Å². The van der Waals surface area contributed by atoms with Crippen LogP contribution in [0.3, 0.4) is 0 Å². The molecule has 19 heavy (non-hydrogen) atoms. The topological polar surface area (TPSA) is 29.0 Å². The monoisotopic (exact) mass is 261 g/mol. The molecule has 0 unspecified atom stereocenters. The molecule has 0 radical (unpaired) electrons. The Labute approximate surface area is 118 Å². The van der Waals surface area contributed by atoms with Gasteiger partial charge in [-0.05, 0) is 41.5 Å². The minimum atomic E-state index is 0. The third-order valence-corrected chi connectivity index (χ3v) is 3.74. The standard InChI is InChI=1S/C16H24N2.CH4/c1-11-8-13(16(3,4)5)9-12(2)14(11)10-15-17-6-7-18-15;/h8-9H,6-7,10H2,1-5H3,(H,17,18);1H4/p+1. The summed E-state index contributed by atoms with van der Waals surface area (Å²) >= 11 is 0. The van der Waals surface area contributed by atoms with Crippen LogP contribution in [0.2, 0.25) is 0 Å². The zero-order valence-corrected chi connectivity index (χ0v) is 12.3. The Balaban J connectivity index is 0.00000180. The molecule has 2 N–H and O–H groups in total. The van der Waals surface area contributed by atoms with E-state index in [1.807, 2.05) is 0 Å². The molecule has 106 valence electrons. The molecule has 2 heteroatoms. The van der Waals surface area contributed by atoms with Crippen LogP contribution in [0.25, 0.3) is 0 Å². The summed E-state index contributed by atoms with van der Waals surface area (Å²) in [5, 5.41) is 2.27. The molecule has 0 bridgehead atoms. The maximum atomic E-state index is 4.55. The second kappa shape index (κ2) is 5.87. The van der Waals surface area contributed by atoms with Gasteiger partial charge >= 0.3 is 0 Å². The van der Waals surface area contributed by atoms with Crippen LogP contribution in [0.5, 0.6) is 0 Å². The molecule has 0 saturated carbocycles. The Bertz CT molecular complexity index is 456. The summed E-state index contributed by atoms with van der Waals surface area (Å²) < 4.78 is 0. The van der Waals surface area contributed by atoms with Gasteiger partial charge in [-0.3, -0.25) is 5.32 Å². The first-order valence-corrected chi connectivity index (χ1v) is 6.85. The Morgan fingerprint density at radius 2 is 1.74 bits per heavy atom. The van der Waals surface area contributed by atoms with Crippen molar-refractivity contribution in [1.82, 2.24) is 0 Å². The lowest BCUT2D eigenvalue weighted by Gasteiger charge is -2.22. The van der Waals surface area contributed by atoms with Crippen LogP contribution in [0.15, 0.2) is 17.1 Å². The molecule has 1 aliphatic rings. The van der Waals surface area contributed by atoms with Crippen molar-refractivity contribution in [2.45, 2.75) is 53.9 Å². The second-order valence-corrected chi connectivity index (χ2v) is 6.38. The van der Waals surface area contributed by atoms with Crippen LogP contribution in [0.1, 0.15) is 50.5 Å². The van der Waals surface area contributed by atoms with Crippen LogP contribution < -0.4 is 5.32 Å². The average Bonchev–Trinajstić information content (AvgIpc) is 2.74. The summed E-state index contributed by atoms with van der Waals surface area (Å²) in [6.07, 6.45) is 1.00. The smallest absolute Gasteiger partial charge is 0.199 e. The number of aliphatic imine (C=N–C) groups is 1. The van der Waals surface area contributed by atoms with E-state index in [1.54, 1.807) is 0 Å². The molecule has 0 aliphatic carbocycles. The third-order valence-electron chi connectivity index (χ3n) is 3.74. The van der Waals surface area contributed by atoms with Crippen molar-refractivity contribution in [3.8, 4) is 0 Å². The normalized spacial score (nSPS) is 15.1. The van der Waals surface area contributed by atoms with Crippen molar-refractivity contribution < 1.29 is 5.32 Å². The van der Waals surface area contributed by atoms with E-state index in [-0.39, 0.29) is 12.8 Å². The van der Waals surface area contributed by atoms with E-state index in [0.29, 0.717) is 0 Å². The van der Waals surface area contributed by atoms with Gasteiger partial charge in [-0.1, -0.05) is 40.3 Å². The van der Waals surface area contributed by atoms with Crippen molar-refractivity contribution in [3.05, 3.63) is 34.4 Å². The Kier molecular flexibility index (Phi) is 4.92. The van der Waals surface area contributed by atoms with E-state index in [9.17, 15) is 0 Å². The molecule has 0 atom stereocenters. The molecule has 2 rings (SSSR count). The van der Waals surface area contributed by atoms with E-state index in [1.165, 1.54) is 28.1 Å². The SMILES string of the molecule is C.Cc1cc(C(C)(C)C)cc(C)c1CC1=NCC[NH2+]1. The molecule has 0 aromatic heterocycles. The van der Waals surface area contributed by atoms with Crippen molar-refractivity contribution in [2.75, 3.05) is 13.1 Å². The first-order valence-electron chi connectivity index (χ1n) is 6.85. The van der Waals surface area contributed by atoms with Crippen molar-refractivity contribution >= 4 is 5.84 Å². The van der Waals surface area contributed by atoms with Crippen LogP contribution >= 0.6 is 0 Å². The van der Waals surface area contributed by atoms with Gasteiger partial charge in [-0.2, -0.15) is 0 Å². The molecule has 1 heterocycles. The number of rotatable bonds is 2. The minimum absolute atomic E-state index is 0. The van der Waals surface area contributed by atoms with Crippen LogP contribution in [0.4, 0.5) is 0 Å². The van der Waals surface area contributed by atoms with Crippen LogP contribution in [-0.2, 0) is 11.8 Å². The second-order valence-electron chi connectivity index (χ2n) is 6.38. The Hall–Kier alpha value is -1.15.